The summed E-state index contributed by atoms with van der Waals surface area (Å²) in [6, 6.07) is 6.55. The van der Waals surface area contributed by atoms with Crippen LogP contribution in [0.2, 0.25) is 5.02 Å². The van der Waals surface area contributed by atoms with E-state index >= 15 is 0 Å². The fourth-order valence-electron chi connectivity index (χ4n) is 1.44. The second kappa shape index (κ2) is 6.26. The lowest BCUT2D eigenvalue weighted by Crippen LogP contribution is -2.40. The first kappa shape index (κ1) is 14.3. The number of hydrogen-bond acceptors (Lipinski definition) is 2. The molecule has 0 aliphatic carbocycles. The molecule has 0 saturated heterocycles. The molecule has 0 aliphatic rings. The van der Waals surface area contributed by atoms with Gasteiger partial charge in [0.1, 0.15) is 6.54 Å². The minimum atomic E-state index is -1.08. The lowest BCUT2D eigenvalue weighted by atomic mass is 10.1. The summed E-state index contributed by atoms with van der Waals surface area (Å²) in [7, 11) is 1.60. The normalized spacial score (nSPS) is 11.7. The van der Waals surface area contributed by atoms with Crippen molar-refractivity contribution in [2.24, 2.45) is 0 Å². The summed E-state index contributed by atoms with van der Waals surface area (Å²) in [5, 5.41) is 11.4. The predicted molar refractivity (Wildman–Crippen MR) is 68.7 cm³/mol. The molecule has 18 heavy (non-hydrogen) atoms. The SMILES string of the molecule is CC(c1cccc(Cl)c1)N(C)C(=O)NCC(=O)O. The number of nitrogens with one attached hydrogen (secondary N) is 1. The third kappa shape index (κ3) is 3.92. The topological polar surface area (TPSA) is 69.6 Å². The van der Waals surface area contributed by atoms with Gasteiger partial charge in [-0.05, 0) is 24.6 Å². The Kier molecular flexibility index (Phi) is 4.97. The average Bonchev–Trinajstić information content (AvgIpc) is 2.34. The first-order chi connectivity index (χ1) is 8.41. The molecule has 0 aromatic heterocycles. The molecule has 1 aromatic carbocycles. The van der Waals surface area contributed by atoms with E-state index in [4.69, 9.17) is 16.7 Å². The maximum absolute atomic E-state index is 11.7. The summed E-state index contributed by atoms with van der Waals surface area (Å²) in [6.07, 6.45) is 0. The smallest absolute Gasteiger partial charge is 0.323 e. The molecule has 0 aliphatic heterocycles. The van der Waals surface area contributed by atoms with Gasteiger partial charge in [-0.2, -0.15) is 0 Å². The molecular formula is C12H15ClN2O3. The Bertz CT molecular complexity index is 451. The lowest BCUT2D eigenvalue weighted by molar-refractivity contribution is -0.135. The molecule has 5 nitrogen and oxygen atoms in total. The zero-order chi connectivity index (χ0) is 13.7. The van der Waals surface area contributed by atoms with Gasteiger partial charge < -0.3 is 15.3 Å². The van der Waals surface area contributed by atoms with E-state index in [1.54, 1.807) is 25.2 Å². The van der Waals surface area contributed by atoms with Gasteiger partial charge in [0, 0.05) is 12.1 Å². The Morgan fingerprint density at radius 2 is 2.17 bits per heavy atom. The van der Waals surface area contributed by atoms with Crippen molar-refractivity contribution < 1.29 is 14.7 Å². The maximum Gasteiger partial charge on any atom is 0.323 e. The fourth-order valence-corrected chi connectivity index (χ4v) is 1.64. The molecule has 0 heterocycles. The van der Waals surface area contributed by atoms with Crippen LogP contribution in [0.15, 0.2) is 24.3 Å². The molecule has 0 fully saturated rings. The number of halogens is 1. The minimum Gasteiger partial charge on any atom is -0.480 e. The van der Waals surface area contributed by atoms with Gasteiger partial charge >= 0.3 is 12.0 Å². The minimum absolute atomic E-state index is 0.197. The van der Waals surface area contributed by atoms with Crippen LogP contribution < -0.4 is 5.32 Å². The zero-order valence-electron chi connectivity index (χ0n) is 10.2. The molecule has 98 valence electrons. The first-order valence-corrected chi connectivity index (χ1v) is 5.77. The maximum atomic E-state index is 11.7. The van der Waals surface area contributed by atoms with E-state index in [-0.39, 0.29) is 6.04 Å². The summed E-state index contributed by atoms with van der Waals surface area (Å²) in [6.45, 7) is 1.44. The quantitative estimate of drug-likeness (QED) is 0.880. The highest BCUT2D eigenvalue weighted by Crippen LogP contribution is 2.21. The van der Waals surface area contributed by atoms with Gasteiger partial charge in [-0.15, -0.1) is 0 Å². The van der Waals surface area contributed by atoms with Gasteiger partial charge in [-0.1, -0.05) is 23.7 Å². The third-order valence-corrected chi connectivity index (χ3v) is 2.86. The average molecular weight is 271 g/mol. The largest absolute Gasteiger partial charge is 0.480 e. The molecule has 1 unspecified atom stereocenters. The highest BCUT2D eigenvalue weighted by molar-refractivity contribution is 6.30. The number of benzene rings is 1. The molecule has 1 aromatic rings. The molecule has 1 atom stereocenters. The van der Waals surface area contributed by atoms with E-state index in [1.807, 2.05) is 13.0 Å². The molecule has 0 bridgehead atoms. The van der Waals surface area contributed by atoms with Crippen molar-refractivity contribution in [2.45, 2.75) is 13.0 Å². The van der Waals surface area contributed by atoms with E-state index in [0.29, 0.717) is 5.02 Å². The van der Waals surface area contributed by atoms with Crippen LogP contribution in [0.1, 0.15) is 18.5 Å². The van der Waals surface area contributed by atoms with Gasteiger partial charge in [-0.3, -0.25) is 4.79 Å². The molecule has 0 saturated carbocycles. The van der Waals surface area contributed by atoms with Crippen LogP contribution >= 0.6 is 11.6 Å². The van der Waals surface area contributed by atoms with Crippen LogP contribution in [-0.2, 0) is 4.79 Å². The van der Waals surface area contributed by atoms with Crippen LogP contribution in [-0.4, -0.2) is 35.6 Å². The first-order valence-electron chi connectivity index (χ1n) is 5.39. The second-order valence-corrected chi connectivity index (χ2v) is 4.33. The van der Waals surface area contributed by atoms with Gasteiger partial charge in [0.25, 0.3) is 0 Å². The highest BCUT2D eigenvalue weighted by atomic mass is 35.5. The van der Waals surface area contributed by atoms with Crippen molar-refractivity contribution in [3.05, 3.63) is 34.9 Å². The van der Waals surface area contributed by atoms with Crippen LogP contribution in [0, 0.1) is 0 Å². The molecule has 0 spiro atoms. The summed E-state index contributed by atoms with van der Waals surface area (Å²) in [5.74, 6) is -1.08. The molecule has 2 amide bonds. The van der Waals surface area contributed by atoms with Crippen LogP contribution in [0.5, 0.6) is 0 Å². The summed E-state index contributed by atoms with van der Waals surface area (Å²) < 4.78 is 0. The number of nitrogens with zero attached hydrogens (tertiary/aromatic N) is 1. The molecule has 1 rings (SSSR count). The number of aliphatic carboxylic acids is 1. The Labute approximate surface area is 110 Å². The molecule has 6 heteroatoms. The van der Waals surface area contributed by atoms with Crippen LogP contribution in [0.3, 0.4) is 0 Å². The number of amides is 2. The summed E-state index contributed by atoms with van der Waals surface area (Å²) in [5.41, 5.74) is 0.885. The summed E-state index contributed by atoms with van der Waals surface area (Å²) >= 11 is 5.88. The molecule has 0 radical (unpaired) electrons. The molecule has 2 N–H and O–H groups in total. The van der Waals surface area contributed by atoms with Crippen LogP contribution in [0.4, 0.5) is 4.79 Å². The molecular weight excluding hydrogens is 256 g/mol. The predicted octanol–water partition coefficient (Wildman–Crippen LogP) is 2.13. The summed E-state index contributed by atoms with van der Waals surface area (Å²) in [4.78, 5) is 23.5. The highest BCUT2D eigenvalue weighted by Gasteiger charge is 2.17. The van der Waals surface area contributed by atoms with Gasteiger partial charge in [0.05, 0.1) is 6.04 Å². The van der Waals surface area contributed by atoms with Gasteiger partial charge in [0.2, 0.25) is 0 Å². The van der Waals surface area contributed by atoms with Crippen molar-refractivity contribution in [3.8, 4) is 0 Å². The van der Waals surface area contributed by atoms with E-state index in [0.717, 1.165) is 5.56 Å². The van der Waals surface area contributed by atoms with E-state index < -0.39 is 18.5 Å². The Hall–Kier alpha value is -1.75. The van der Waals surface area contributed by atoms with E-state index in [9.17, 15) is 9.59 Å². The third-order valence-electron chi connectivity index (χ3n) is 2.62. The van der Waals surface area contributed by atoms with Crippen molar-refractivity contribution >= 4 is 23.6 Å². The standard InChI is InChI=1S/C12H15ClN2O3/c1-8(9-4-3-5-10(13)6-9)15(2)12(18)14-7-11(16)17/h3-6,8H,7H2,1-2H3,(H,14,18)(H,16,17). The van der Waals surface area contributed by atoms with Gasteiger partial charge in [-0.25, -0.2) is 4.79 Å². The number of carboxylic acids is 1. The monoisotopic (exact) mass is 270 g/mol. The van der Waals surface area contributed by atoms with E-state index in [2.05, 4.69) is 5.32 Å². The van der Waals surface area contributed by atoms with E-state index in [1.165, 1.54) is 4.90 Å². The van der Waals surface area contributed by atoms with Crippen molar-refractivity contribution in [1.29, 1.82) is 0 Å². The Morgan fingerprint density at radius 3 is 2.72 bits per heavy atom. The van der Waals surface area contributed by atoms with Crippen LogP contribution in [0.25, 0.3) is 0 Å². The fraction of sp³-hybridized carbons (Fsp3) is 0.333. The number of hydrogen-bond donors (Lipinski definition) is 2. The lowest BCUT2D eigenvalue weighted by Gasteiger charge is -2.25. The van der Waals surface area contributed by atoms with Crippen molar-refractivity contribution in [3.63, 3.8) is 0 Å². The number of rotatable bonds is 4. The second-order valence-electron chi connectivity index (χ2n) is 3.89. The van der Waals surface area contributed by atoms with Crippen molar-refractivity contribution in [1.82, 2.24) is 10.2 Å². The Morgan fingerprint density at radius 1 is 1.50 bits per heavy atom. The van der Waals surface area contributed by atoms with Gasteiger partial charge in [0.15, 0.2) is 0 Å². The zero-order valence-corrected chi connectivity index (χ0v) is 10.9. The number of carboxylic acid groups (broad SMARTS) is 1. The number of carbonyl (C=O) groups is 2. The van der Waals surface area contributed by atoms with Crippen molar-refractivity contribution in [2.75, 3.05) is 13.6 Å². The number of urea groups is 1. The Balaban J connectivity index is 2.68. The number of carbonyl (C=O) groups excluding carboxylic acids is 1.